The lowest BCUT2D eigenvalue weighted by Crippen LogP contribution is -2.49. The van der Waals surface area contributed by atoms with Crippen molar-refractivity contribution in [1.29, 1.82) is 0 Å². The maximum atomic E-state index is 5.56. The van der Waals surface area contributed by atoms with E-state index in [1.807, 2.05) is 0 Å². The van der Waals surface area contributed by atoms with E-state index in [4.69, 9.17) is 4.74 Å². The number of nitrogens with one attached hydrogen (secondary N) is 2. The van der Waals surface area contributed by atoms with Gasteiger partial charge in [-0.3, -0.25) is 0 Å². The van der Waals surface area contributed by atoms with E-state index in [0.29, 0.717) is 0 Å². The highest BCUT2D eigenvalue weighted by atomic mass is 16.5. The quantitative estimate of drug-likeness (QED) is 0.720. The third-order valence-corrected chi connectivity index (χ3v) is 4.24. The zero-order valence-electron chi connectivity index (χ0n) is 11.3. The Bertz CT molecular complexity index is 208. The van der Waals surface area contributed by atoms with Crippen molar-refractivity contribution in [3.63, 3.8) is 0 Å². The first-order valence-corrected chi connectivity index (χ1v) is 7.32. The van der Waals surface area contributed by atoms with Crippen LogP contribution in [0.5, 0.6) is 0 Å². The van der Waals surface area contributed by atoms with E-state index in [1.165, 1.54) is 51.6 Å². The summed E-state index contributed by atoms with van der Waals surface area (Å²) in [4.78, 5) is 0. The summed E-state index contributed by atoms with van der Waals surface area (Å²) in [5.41, 5.74) is 0.242. The van der Waals surface area contributed by atoms with Crippen LogP contribution in [0.15, 0.2) is 0 Å². The highest BCUT2D eigenvalue weighted by Gasteiger charge is 2.26. The van der Waals surface area contributed by atoms with Crippen molar-refractivity contribution in [3.05, 3.63) is 0 Å². The standard InChI is InChI=1S/C14H28N2O/c1-14(7-3-11-17-12-14)16-8-2-4-13-5-9-15-10-6-13/h13,15-16H,2-12H2,1H3. The Balaban J connectivity index is 1.55. The van der Waals surface area contributed by atoms with Gasteiger partial charge in [0.05, 0.1) is 6.61 Å². The largest absolute Gasteiger partial charge is 0.380 e. The molecule has 0 aromatic heterocycles. The summed E-state index contributed by atoms with van der Waals surface area (Å²) in [7, 11) is 0. The molecule has 17 heavy (non-hydrogen) atoms. The minimum atomic E-state index is 0.242. The Labute approximate surface area is 106 Å². The van der Waals surface area contributed by atoms with Gasteiger partial charge in [-0.2, -0.15) is 0 Å². The maximum Gasteiger partial charge on any atom is 0.0645 e. The summed E-state index contributed by atoms with van der Waals surface area (Å²) in [5.74, 6) is 0.966. The van der Waals surface area contributed by atoms with Gasteiger partial charge in [-0.25, -0.2) is 0 Å². The molecule has 3 heteroatoms. The Hall–Kier alpha value is -0.120. The van der Waals surface area contributed by atoms with Crippen molar-refractivity contribution in [1.82, 2.24) is 10.6 Å². The summed E-state index contributed by atoms with van der Waals surface area (Å²) < 4.78 is 5.56. The summed E-state index contributed by atoms with van der Waals surface area (Å²) in [5, 5.41) is 7.13. The van der Waals surface area contributed by atoms with Crippen LogP contribution in [0.2, 0.25) is 0 Å². The van der Waals surface area contributed by atoms with Gasteiger partial charge < -0.3 is 15.4 Å². The molecule has 0 amide bonds. The smallest absolute Gasteiger partial charge is 0.0645 e. The van der Waals surface area contributed by atoms with Gasteiger partial charge in [-0.15, -0.1) is 0 Å². The Kier molecular flexibility index (Phi) is 5.26. The Morgan fingerprint density at radius 2 is 2.18 bits per heavy atom. The van der Waals surface area contributed by atoms with Crippen LogP contribution in [0.4, 0.5) is 0 Å². The number of rotatable bonds is 5. The molecule has 0 aromatic rings. The van der Waals surface area contributed by atoms with Gasteiger partial charge in [0.25, 0.3) is 0 Å². The fourth-order valence-electron chi connectivity index (χ4n) is 3.02. The molecule has 0 spiro atoms. The average Bonchev–Trinajstić information content (AvgIpc) is 2.37. The zero-order chi connectivity index (χ0) is 12.0. The Morgan fingerprint density at radius 3 is 2.88 bits per heavy atom. The first-order chi connectivity index (χ1) is 8.29. The van der Waals surface area contributed by atoms with Gasteiger partial charge in [-0.1, -0.05) is 0 Å². The van der Waals surface area contributed by atoms with Gasteiger partial charge in [0.15, 0.2) is 0 Å². The van der Waals surface area contributed by atoms with Crippen LogP contribution in [0.3, 0.4) is 0 Å². The molecule has 0 aromatic carbocycles. The van der Waals surface area contributed by atoms with Crippen LogP contribution in [0, 0.1) is 5.92 Å². The van der Waals surface area contributed by atoms with Crippen LogP contribution in [-0.4, -0.2) is 38.4 Å². The van der Waals surface area contributed by atoms with Gasteiger partial charge in [0.1, 0.15) is 0 Å². The van der Waals surface area contributed by atoms with Crippen LogP contribution in [0.1, 0.15) is 45.4 Å². The summed E-state index contributed by atoms with van der Waals surface area (Å²) in [6.07, 6.45) is 7.94. The second-order valence-electron chi connectivity index (χ2n) is 5.98. The fraction of sp³-hybridized carbons (Fsp3) is 1.00. The molecule has 1 unspecified atom stereocenters. The van der Waals surface area contributed by atoms with E-state index >= 15 is 0 Å². The molecule has 0 saturated carbocycles. The number of hydrogen-bond donors (Lipinski definition) is 2. The lowest BCUT2D eigenvalue weighted by atomic mass is 9.92. The third kappa shape index (κ3) is 4.57. The van der Waals surface area contributed by atoms with E-state index in [2.05, 4.69) is 17.6 Å². The van der Waals surface area contributed by atoms with E-state index in [1.54, 1.807) is 0 Å². The monoisotopic (exact) mass is 240 g/mol. The second kappa shape index (κ2) is 6.72. The van der Waals surface area contributed by atoms with Crippen molar-refractivity contribution < 1.29 is 4.74 Å². The van der Waals surface area contributed by atoms with E-state index in [9.17, 15) is 0 Å². The van der Waals surface area contributed by atoms with E-state index in [0.717, 1.165) is 25.7 Å². The molecule has 2 aliphatic heterocycles. The molecule has 0 aliphatic carbocycles. The maximum absolute atomic E-state index is 5.56. The first-order valence-electron chi connectivity index (χ1n) is 7.32. The van der Waals surface area contributed by atoms with Crippen molar-refractivity contribution in [2.24, 2.45) is 5.92 Å². The summed E-state index contributed by atoms with van der Waals surface area (Å²) in [6.45, 7) is 7.75. The molecule has 2 N–H and O–H groups in total. The fourth-order valence-corrected chi connectivity index (χ4v) is 3.02. The van der Waals surface area contributed by atoms with E-state index < -0.39 is 0 Å². The summed E-state index contributed by atoms with van der Waals surface area (Å²) in [6, 6.07) is 0. The van der Waals surface area contributed by atoms with Crippen molar-refractivity contribution in [2.75, 3.05) is 32.8 Å². The van der Waals surface area contributed by atoms with Gasteiger partial charge in [0.2, 0.25) is 0 Å². The van der Waals surface area contributed by atoms with Gasteiger partial charge in [0, 0.05) is 12.1 Å². The molecule has 2 aliphatic rings. The zero-order valence-corrected chi connectivity index (χ0v) is 11.3. The van der Waals surface area contributed by atoms with Gasteiger partial charge in [-0.05, 0) is 71.0 Å². The molecule has 3 nitrogen and oxygen atoms in total. The minimum Gasteiger partial charge on any atom is -0.380 e. The molecular weight excluding hydrogens is 212 g/mol. The van der Waals surface area contributed by atoms with E-state index in [-0.39, 0.29) is 5.54 Å². The Morgan fingerprint density at radius 1 is 1.35 bits per heavy atom. The average molecular weight is 240 g/mol. The molecule has 100 valence electrons. The van der Waals surface area contributed by atoms with Crippen molar-refractivity contribution in [3.8, 4) is 0 Å². The van der Waals surface area contributed by atoms with Gasteiger partial charge >= 0.3 is 0 Å². The molecule has 2 fully saturated rings. The minimum absolute atomic E-state index is 0.242. The highest BCUT2D eigenvalue weighted by Crippen LogP contribution is 2.20. The molecule has 0 radical (unpaired) electrons. The van der Waals surface area contributed by atoms with Crippen LogP contribution in [-0.2, 0) is 4.74 Å². The molecule has 2 saturated heterocycles. The molecule has 1 atom stereocenters. The summed E-state index contributed by atoms with van der Waals surface area (Å²) >= 11 is 0. The number of hydrogen-bond acceptors (Lipinski definition) is 3. The van der Waals surface area contributed by atoms with Crippen LogP contribution in [0.25, 0.3) is 0 Å². The highest BCUT2D eigenvalue weighted by molar-refractivity contribution is 4.85. The van der Waals surface area contributed by atoms with Crippen LogP contribution < -0.4 is 10.6 Å². The molecular formula is C14H28N2O. The predicted octanol–water partition coefficient (Wildman–Crippen LogP) is 1.92. The topological polar surface area (TPSA) is 33.3 Å². The predicted molar refractivity (Wildman–Crippen MR) is 71.3 cm³/mol. The molecule has 2 rings (SSSR count). The lowest BCUT2D eigenvalue weighted by Gasteiger charge is -2.34. The van der Waals surface area contributed by atoms with Crippen molar-refractivity contribution >= 4 is 0 Å². The second-order valence-corrected chi connectivity index (χ2v) is 5.98. The lowest BCUT2D eigenvalue weighted by molar-refractivity contribution is 0.0284. The molecule has 2 heterocycles. The number of piperidine rings is 1. The SMILES string of the molecule is CC1(NCCCC2CCNCC2)CCCOC1. The third-order valence-electron chi connectivity index (χ3n) is 4.24. The van der Waals surface area contributed by atoms with Crippen molar-refractivity contribution in [2.45, 2.75) is 51.0 Å². The molecule has 0 bridgehead atoms. The first kappa shape index (κ1) is 13.3. The van der Waals surface area contributed by atoms with Crippen LogP contribution >= 0.6 is 0 Å². The number of ether oxygens (including phenoxy) is 1. The normalized spacial score (nSPS) is 31.6.